The Hall–Kier alpha value is -2.79. The van der Waals surface area contributed by atoms with E-state index in [1.54, 1.807) is 48.5 Å². The lowest BCUT2D eigenvalue weighted by Gasteiger charge is -2.11. The number of hydrogen-bond donors (Lipinski definition) is 2. The number of carbonyl (C=O) groups excluding carboxylic acids is 2. The highest BCUT2D eigenvalue weighted by Crippen LogP contribution is 2.28. The van der Waals surface area contributed by atoms with E-state index >= 15 is 0 Å². The number of nitrogens with one attached hydrogen (secondary N) is 2. The molecule has 1 aliphatic carbocycles. The van der Waals surface area contributed by atoms with Crippen LogP contribution in [0.4, 0.5) is 5.69 Å². The monoisotopic (exact) mass is 398 g/mol. The molecule has 0 bridgehead atoms. The van der Waals surface area contributed by atoms with E-state index in [0.29, 0.717) is 34.7 Å². The van der Waals surface area contributed by atoms with Crippen LogP contribution in [0, 0.1) is 0 Å². The van der Waals surface area contributed by atoms with Crippen LogP contribution < -0.4 is 15.4 Å². The summed E-state index contributed by atoms with van der Waals surface area (Å²) >= 11 is 6.03. The third kappa shape index (κ3) is 5.86. The molecule has 6 heteroatoms. The summed E-state index contributed by atoms with van der Waals surface area (Å²) in [5.41, 5.74) is 1.97. The number of halogens is 1. The Kier molecular flexibility index (Phi) is 6.71. The van der Waals surface area contributed by atoms with Crippen molar-refractivity contribution in [3.8, 4) is 5.75 Å². The molecule has 0 aromatic heterocycles. The van der Waals surface area contributed by atoms with Crippen molar-refractivity contribution in [1.82, 2.24) is 5.32 Å². The molecule has 0 saturated heterocycles. The fourth-order valence-corrected chi connectivity index (χ4v) is 2.70. The van der Waals surface area contributed by atoms with Crippen LogP contribution in [-0.4, -0.2) is 24.5 Å². The van der Waals surface area contributed by atoms with Crippen LogP contribution in [0.2, 0.25) is 5.02 Å². The number of carbonyl (C=O) groups is 2. The first-order valence-electron chi connectivity index (χ1n) is 9.37. The second-order valence-electron chi connectivity index (χ2n) is 6.68. The second-order valence-corrected chi connectivity index (χ2v) is 7.12. The molecule has 1 saturated carbocycles. The van der Waals surface area contributed by atoms with Crippen LogP contribution in [0.15, 0.2) is 48.5 Å². The van der Waals surface area contributed by atoms with Crippen molar-refractivity contribution in [3.63, 3.8) is 0 Å². The highest BCUT2D eigenvalue weighted by atomic mass is 35.5. The van der Waals surface area contributed by atoms with Gasteiger partial charge in [0.2, 0.25) is 5.91 Å². The van der Waals surface area contributed by atoms with Crippen molar-refractivity contribution < 1.29 is 14.3 Å². The average Bonchev–Trinajstić information content (AvgIpc) is 3.50. The van der Waals surface area contributed by atoms with Crippen molar-refractivity contribution in [3.05, 3.63) is 64.7 Å². The lowest BCUT2D eigenvalue weighted by atomic mass is 10.1. The minimum atomic E-state index is -0.292. The van der Waals surface area contributed by atoms with Crippen LogP contribution in [0.25, 0.3) is 6.08 Å². The third-order valence-electron chi connectivity index (χ3n) is 4.17. The standard InChI is InChI=1S/C22H23ClN2O3/c1-2-13-28-20-11-8-17(23)14-19(20)25-21(26)12-5-15-3-6-16(7-4-15)22(27)24-18-9-10-18/h3-8,11-12,14,18H,2,9-10,13H2,1H3,(H,24,27)(H,25,26). The maximum Gasteiger partial charge on any atom is 0.251 e. The van der Waals surface area contributed by atoms with E-state index in [1.807, 2.05) is 6.92 Å². The molecule has 2 aromatic carbocycles. The van der Waals surface area contributed by atoms with Gasteiger partial charge in [-0.25, -0.2) is 0 Å². The van der Waals surface area contributed by atoms with Gasteiger partial charge in [0.05, 0.1) is 12.3 Å². The summed E-state index contributed by atoms with van der Waals surface area (Å²) in [6.07, 6.45) is 6.10. The van der Waals surface area contributed by atoms with Gasteiger partial charge in [-0.2, -0.15) is 0 Å². The SMILES string of the molecule is CCCOc1ccc(Cl)cc1NC(=O)C=Cc1ccc(C(=O)NC2CC2)cc1. The molecule has 0 unspecified atom stereocenters. The Balaban J connectivity index is 1.60. The Labute approximate surface area is 169 Å². The Morgan fingerprint density at radius 1 is 1.18 bits per heavy atom. The first-order valence-corrected chi connectivity index (χ1v) is 9.75. The van der Waals surface area contributed by atoms with Crippen LogP contribution in [0.3, 0.4) is 0 Å². The zero-order chi connectivity index (χ0) is 19.9. The summed E-state index contributed by atoms with van der Waals surface area (Å²) in [6, 6.07) is 12.6. The molecule has 3 rings (SSSR count). The lowest BCUT2D eigenvalue weighted by molar-refractivity contribution is -0.111. The van der Waals surface area contributed by atoms with Gasteiger partial charge in [0.1, 0.15) is 5.75 Å². The largest absolute Gasteiger partial charge is 0.491 e. The summed E-state index contributed by atoms with van der Waals surface area (Å²) in [5.74, 6) is 0.231. The van der Waals surface area contributed by atoms with Crippen molar-refractivity contribution >= 4 is 35.2 Å². The number of benzene rings is 2. The van der Waals surface area contributed by atoms with Gasteiger partial charge in [0.25, 0.3) is 5.91 Å². The summed E-state index contributed by atoms with van der Waals surface area (Å²) in [7, 11) is 0. The van der Waals surface area contributed by atoms with Crippen molar-refractivity contribution in [2.75, 3.05) is 11.9 Å². The Morgan fingerprint density at radius 2 is 1.93 bits per heavy atom. The second kappa shape index (κ2) is 9.42. The van der Waals surface area contributed by atoms with Gasteiger partial charge in [-0.1, -0.05) is 30.7 Å². The first kappa shape index (κ1) is 20.0. The number of ether oxygens (including phenoxy) is 1. The fraction of sp³-hybridized carbons (Fsp3) is 0.273. The Morgan fingerprint density at radius 3 is 2.61 bits per heavy atom. The molecule has 2 amide bonds. The topological polar surface area (TPSA) is 67.4 Å². The number of amides is 2. The minimum Gasteiger partial charge on any atom is -0.491 e. The zero-order valence-corrected chi connectivity index (χ0v) is 16.5. The minimum absolute atomic E-state index is 0.0589. The van der Waals surface area contributed by atoms with Gasteiger partial charge >= 0.3 is 0 Å². The number of anilines is 1. The molecule has 0 atom stereocenters. The van der Waals surface area contributed by atoms with Crippen LogP contribution in [0.1, 0.15) is 42.1 Å². The predicted molar refractivity (Wildman–Crippen MR) is 112 cm³/mol. The molecule has 0 spiro atoms. The summed E-state index contributed by atoms with van der Waals surface area (Å²) < 4.78 is 5.64. The highest BCUT2D eigenvalue weighted by molar-refractivity contribution is 6.31. The van der Waals surface area contributed by atoms with E-state index in [9.17, 15) is 9.59 Å². The van der Waals surface area contributed by atoms with E-state index in [0.717, 1.165) is 24.8 Å². The maximum absolute atomic E-state index is 12.3. The smallest absolute Gasteiger partial charge is 0.251 e. The molecule has 28 heavy (non-hydrogen) atoms. The van der Waals surface area contributed by atoms with Crippen LogP contribution >= 0.6 is 11.6 Å². The predicted octanol–water partition coefficient (Wildman–Crippen LogP) is 4.67. The molecular formula is C22H23ClN2O3. The van der Waals surface area contributed by atoms with E-state index in [4.69, 9.17) is 16.3 Å². The van der Waals surface area contributed by atoms with Crippen LogP contribution in [0.5, 0.6) is 5.75 Å². The van der Waals surface area contributed by atoms with Crippen molar-refractivity contribution in [2.45, 2.75) is 32.2 Å². The maximum atomic E-state index is 12.3. The summed E-state index contributed by atoms with van der Waals surface area (Å²) in [6.45, 7) is 2.57. The molecule has 2 aromatic rings. The summed E-state index contributed by atoms with van der Waals surface area (Å²) in [4.78, 5) is 24.3. The van der Waals surface area contributed by atoms with Crippen molar-refractivity contribution in [2.24, 2.45) is 0 Å². The molecule has 0 aliphatic heterocycles. The van der Waals surface area contributed by atoms with Gasteiger partial charge in [0.15, 0.2) is 0 Å². The molecule has 2 N–H and O–H groups in total. The first-order chi connectivity index (χ1) is 13.5. The molecule has 1 fully saturated rings. The lowest BCUT2D eigenvalue weighted by Crippen LogP contribution is -2.25. The average molecular weight is 399 g/mol. The number of hydrogen-bond acceptors (Lipinski definition) is 3. The van der Waals surface area contributed by atoms with Gasteiger partial charge in [0, 0.05) is 22.7 Å². The van der Waals surface area contributed by atoms with Gasteiger partial charge < -0.3 is 15.4 Å². The van der Waals surface area contributed by atoms with Crippen LogP contribution in [-0.2, 0) is 4.79 Å². The van der Waals surface area contributed by atoms with E-state index in [-0.39, 0.29) is 11.8 Å². The Bertz CT molecular complexity index is 874. The van der Waals surface area contributed by atoms with Gasteiger partial charge in [-0.3, -0.25) is 9.59 Å². The number of rotatable bonds is 8. The molecule has 5 nitrogen and oxygen atoms in total. The molecular weight excluding hydrogens is 376 g/mol. The normalized spacial score (nSPS) is 13.4. The van der Waals surface area contributed by atoms with E-state index in [1.165, 1.54) is 6.08 Å². The highest BCUT2D eigenvalue weighted by Gasteiger charge is 2.23. The fourth-order valence-electron chi connectivity index (χ4n) is 2.53. The molecule has 0 heterocycles. The summed E-state index contributed by atoms with van der Waals surface area (Å²) in [5, 5.41) is 6.25. The molecule has 146 valence electrons. The quantitative estimate of drug-likeness (QED) is 0.635. The molecule has 1 aliphatic rings. The van der Waals surface area contributed by atoms with Gasteiger partial charge in [-0.15, -0.1) is 0 Å². The zero-order valence-electron chi connectivity index (χ0n) is 15.7. The van der Waals surface area contributed by atoms with Crippen molar-refractivity contribution in [1.29, 1.82) is 0 Å². The van der Waals surface area contributed by atoms with E-state index < -0.39 is 0 Å². The van der Waals surface area contributed by atoms with Gasteiger partial charge in [-0.05, 0) is 61.2 Å². The van der Waals surface area contributed by atoms with E-state index in [2.05, 4.69) is 10.6 Å². The third-order valence-corrected chi connectivity index (χ3v) is 4.41. The molecule has 0 radical (unpaired) electrons.